The number of rotatable bonds is 4. The molecule has 3 heterocycles. The van der Waals surface area contributed by atoms with Crippen molar-refractivity contribution in [2.24, 2.45) is 5.73 Å². The number of carbonyl (C=O) groups excluding carboxylic acids is 1. The van der Waals surface area contributed by atoms with Gasteiger partial charge in [-0.15, -0.1) is 10.2 Å². The molecule has 0 unspecified atom stereocenters. The number of aromatic nitrogens is 2. The SMILES string of the molecule is NC1=C2CCCC(=CC1)N2c1ccc(C(=O)Nc2cc(C(F)(F)F)ccc2C(=O)O)nn1. The van der Waals surface area contributed by atoms with E-state index in [-0.39, 0.29) is 5.69 Å². The molecule has 2 bridgehead atoms. The van der Waals surface area contributed by atoms with Gasteiger partial charge in [0.15, 0.2) is 11.5 Å². The topological polar surface area (TPSA) is 121 Å². The van der Waals surface area contributed by atoms with Gasteiger partial charge in [-0.1, -0.05) is 6.08 Å². The summed E-state index contributed by atoms with van der Waals surface area (Å²) in [6.45, 7) is 0. The van der Waals surface area contributed by atoms with Gasteiger partial charge in [0.05, 0.1) is 16.8 Å². The summed E-state index contributed by atoms with van der Waals surface area (Å²) < 4.78 is 39.0. The van der Waals surface area contributed by atoms with E-state index < -0.39 is 34.9 Å². The van der Waals surface area contributed by atoms with Crippen molar-refractivity contribution >= 4 is 23.4 Å². The van der Waals surface area contributed by atoms with E-state index >= 15 is 0 Å². The third kappa shape index (κ3) is 4.01. The van der Waals surface area contributed by atoms with Gasteiger partial charge in [-0.3, -0.25) is 9.69 Å². The molecule has 8 nitrogen and oxygen atoms in total. The number of fused-ring (bicyclic) bond motifs is 2. The number of aromatic carboxylic acids is 1. The average Bonchev–Trinajstić information content (AvgIpc) is 2.75. The zero-order valence-electron chi connectivity index (χ0n) is 16.6. The highest BCUT2D eigenvalue weighted by atomic mass is 19.4. The van der Waals surface area contributed by atoms with Crippen molar-refractivity contribution in [1.29, 1.82) is 0 Å². The van der Waals surface area contributed by atoms with Gasteiger partial charge in [-0.2, -0.15) is 13.2 Å². The Labute approximate surface area is 180 Å². The number of nitrogens with one attached hydrogen (secondary N) is 1. The first kappa shape index (κ1) is 21.3. The van der Waals surface area contributed by atoms with Gasteiger partial charge in [-0.05, 0) is 49.6 Å². The van der Waals surface area contributed by atoms with Crippen molar-refractivity contribution < 1.29 is 27.9 Å². The van der Waals surface area contributed by atoms with E-state index in [4.69, 9.17) is 5.73 Å². The molecule has 2 aliphatic rings. The van der Waals surface area contributed by atoms with Crippen molar-refractivity contribution in [2.75, 3.05) is 10.2 Å². The Bertz CT molecular complexity index is 1160. The minimum Gasteiger partial charge on any atom is -0.478 e. The van der Waals surface area contributed by atoms with Crippen molar-refractivity contribution in [3.8, 4) is 0 Å². The Morgan fingerprint density at radius 1 is 1.12 bits per heavy atom. The molecule has 2 aliphatic heterocycles. The van der Waals surface area contributed by atoms with Crippen LogP contribution in [0.25, 0.3) is 0 Å². The number of hydrogen-bond donors (Lipinski definition) is 3. The summed E-state index contributed by atoms with van der Waals surface area (Å²) in [5.74, 6) is -1.90. The van der Waals surface area contributed by atoms with Crippen molar-refractivity contribution in [2.45, 2.75) is 31.9 Å². The van der Waals surface area contributed by atoms with E-state index in [2.05, 4.69) is 15.5 Å². The van der Waals surface area contributed by atoms with E-state index in [1.54, 1.807) is 6.07 Å². The van der Waals surface area contributed by atoms with E-state index in [9.17, 15) is 27.9 Å². The number of hydrogen-bond acceptors (Lipinski definition) is 6. The molecule has 1 fully saturated rings. The maximum Gasteiger partial charge on any atom is 0.416 e. The van der Waals surface area contributed by atoms with Crippen LogP contribution >= 0.6 is 0 Å². The molecule has 0 radical (unpaired) electrons. The molecule has 1 saturated heterocycles. The predicted molar refractivity (Wildman–Crippen MR) is 109 cm³/mol. The second-order valence-corrected chi connectivity index (χ2v) is 7.35. The summed E-state index contributed by atoms with van der Waals surface area (Å²) in [4.78, 5) is 25.8. The van der Waals surface area contributed by atoms with Crippen LogP contribution in [0.3, 0.4) is 0 Å². The highest BCUT2D eigenvalue weighted by molar-refractivity contribution is 6.06. The summed E-state index contributed by atoms with van der Waals surface area (Å²) >= 11 is 0. The zero-order chi connectivity index (χ0) is 23.0. The number of carboxylic acid groups (broad SMARTS) is 1. The Morgan fingerprint density at radius 2 is 1.91 bits per heavy atom. The summed E-state index contributed by atoms with van der Waals surface area (Å²) in [6, 6.07) is 4.92. The fourth-order valence-electron chi connectivity index (χ4n) is 3.72. The summed E-state index contributed by atoms with van der Waals surface area (Å²) in [6.07, 6.45) is 0.596. The van der Waals surface area contributed by atoms with Crippen LogP contribution in [0.15, 0.2) is 53.5 Å². The number of halogens is 3. The van der Waals surface area contributed by atoms with Crippen LogP contribution in [-0.4, -0.2) is 27.2 Å². The molecule has 1 amide bonds. The predicted octanol–water partition coefficient (Wildman–Crippen LogP) is 3.89. The lowest BCUT2D eigenvalue weighted by molar-refractivity contribution is -0.137. The Hall–Kier alpha value is -3.89. The number of nitrogens with two attached hydrogens (primary N) is 1. The van der Waals surface area contributed by atoms with Gasteiger partial charge in [-0.25, -0.2) is 4.79 Å². The number of benzene rings is 1. The van der Waals surface area contributed by atoms with Crippen molar-refractivity contribution in [3.63, 3.8) is 0 Å². The molecule has 32 heavy (non-hydrogen) atoms. The maximum absolute atomic E-state index is 13.0. The maximum atomic E-state index is 13.0. The zero-order valence-corrected chi connectivity index (χ0v) is 16.6. The van der Waals surface area contributed by atoms with Crippen LogP contribution < -0.4 is 16.0 Å². The van der Waals surface area contributed by atoms with Crippen LogP contribution in [0, 0.1) is 0 Å². The van der Waals surface area contributed by atoms with E-state index in [0.29, 0.717) is 24.4 Å². The molecule has 0 atom stereocenters. The lowest BCUT2D eigenvalue weighted by atomic mass is 9.96. The first-order chi connectivity index (χ1) is 15.1. The number of amides is 1. The molecule has 4 N–H and O–H groups in total. The summed E-state index contributed by atoms with van der Waals surface area (Å²) in [7, 11) is 0. The first-order valence-corrected chi connectivity index (χ1v) is 9.71. The summed E-state index contributed by atoms with van der Waals surface area (Å²) in [5.41, 5.74) is 6.60. The van der Waals surface area contributed by atoms with Gasteiger partial charge in [0, 0.05) is 23.5 Å². The largest absolute Gasteiger partial charge is 0.478 e. The highest BCUT2D eigenvalue weighted by Crippen LogP contribution is 2.37. The third-order valence-electron chi connectivity index (χ3n) is 5.27. The first-order valence-electron chi connectivity index (χ1n) is 9.71. The minimum absolute atomic E-state index is 0.180. The smallest absolute Gasteiger partial charge is 0.416 e. The lowest BCUT2D eigenvalue weighted by Gasteiger charge is -2.36. The molecule has 2 aromatic rings. The van der Waals surface area contributed by atoms with Crippen LogP contribution in [0.1, 0.15) is 52.1 Å². The molecule has 0 spiro atoms. The monoisotopic (exact) mass is 445 g/mol. The summed E-state index contributed by atoms with van der Waals surface area (Å²) in [5, 5.41) is 19.4. The van der Waals surface area contributed by atoms with Gasteiger partial charge >= 0.3 is 12.1 Å². The molecule has 11 heteroatoms. The van der Waals surface area contributed by atoms with E-state index in [1.165, 1.54) is 6.07 Å². The molecule has 1 aromatic carbocycles. The van der Waals surface area contributed by atoms with Crippen molar-refractivity contribution in [3.05, 3.63) is 70.3 Å². The molecule has 0 saturated carbocycles. The molecular formula is C21H18F3N5O3. The Kier molecular flexibility index (Phi) is 5.33. The van der Waals surface area contributed by atoms with E-state index in [0.717, 1.165) is 42.4 Å². The van der Waals surface area contributed by atoms with E-state index in [1.807, 2.05) is 11.0 Å². The number of anilines is 2. The van der Waals surface area contributed by atoms with Crippen LogP contribution in [0.2, 0.25) is 0 Å². The standard InChI is InChI=1S/C21H18F3N5O3/c22-21(23,24)11-4-6-13(20(31)32)16(10-11)26-19(30)15-8-9-18(28-27-15)29-12-2-1-3-17(29)14(25)7-5-12/h4-6,8-10H,1-3,7,25H2,(H,26,30)(H,31,32). The number of carbonyl (C=O) groups is 2. The lowest BCUT2D eigenvalue weighted by Crippen LogP contribution is -2.32. The number of alkyl halides is 3. The Balaban J connectivity index is 1.59. The van der Waals surface area contributed by atoms with Crippen LogP contribution in [-0.2, 0) is 6.18 Å². The van der Waals surface area contributed by atoms with Crippen LogP contribution in [0.5, 0.6) is 0 Å². The third-order valence-corrected chi connectivity index (χ3v) is 5.27. The normalized spacial score (nSPS) is 16.0. The second-order valence-electron chi connectivity index (χ2n) is 7.35. The number of nitrogens with zero attached hydrogens (tertiary/aromatic N) is 3. The number of carboxylic acids is 1. The van der Waals surface area contributed by atoms with Gasteiger partial charge in [0.1, 0.15) is 0 Å². The molecule has 0 aliphatic carbocycles. The fraction of sp³-hybridized carbons (Fsp3) is 0.238. The second kappa shape index (κ2) is 7.98. The Morgan fingerprint density at radius 3 is 2.56 bits per heavy atom. The van der Waals surface area contributed by atoms with Crippen molar-refractivity contribution in [1.82, 2.24) is 10.2 Å². The fourth-order valence-corrected chi connectivity index (χ4v) is 3.72. The minimum atomic E-state index is -4.70. The highest BCUT2D eigenvalue weighted by Gasteiger charge is 2.32. The van der Waals surface area contributed by atoms with Crippen LogP contribution in [0.4, 0.5) is 24.7 Å². The van der Waals surface area contributed by atoms with Gasteiger partial charge < -0.3 is 16.2 Å². The number of piperidine rings is 1. The molecule has 1 aromatic heterocycles. The quantitative estimate of drug-likeness (QED) is 0.653. The van der Waals surface area contributed by atoms with Gasteiger partial charge in [0.25, 0.3) is 5.91 Å². The molecule has 166 valence electrons. The van der Waals surface area contributed by atoms with Gasteiger partial charge in [0.2, 0.25) is 0 Å². The molecular weight excluding hydrogens is 427 g/mol. The average molecular weight is 445 g/mol. The number of allylic oxidation sites excluding steroid dienone is 3. The molecule has 4 rings (SSSR count).